The highest BCUT2D eigenvalue weighted by molar-refractivity contribution is 7.20. The predicted molar refractivity (Wildman–Crippen MR) is 119 cm³/mol. The first-order valence-corrected chi connectivity index (χ1v) is 14.6. The fourth-order valence-corrected chi connectivity index (χ4v) is 5.69. The van der Waals surface area contributed by atoms with Crippen LogP contribution in [0, 0.1) is 0 Å². The Labute approximate surface area is 168 Å². The Bertz CT molecular complexity index is 367. The van der Waals surface area contributed by atoms with E-state index in [4.69, 9.17) is 15.8 Å². The number of esters is 1. The van der Waals surface area contributed by atoms with Crippen LogP contribution in [0.15, 0.2) is 12.2 Å². The van der Waals surface area contributed by atoms with Gasteiger partial charge in [0, 0.05) is 5.57 Å². The second-order valence-electron chi connectivity index (χ2n) is 7.77. The predicted octanol–water partition coefficient (Wildman–Crippen LogP) is 8.01. The van der Waals surface area contributed by atoms with E-state index in [9.17, 15) is 4.79 Å². The molecule has 154 valence electrons. The third-order valence-corrected chi connectivity index (χ3v) is 11.3. The molecule has 0 unspecified atom stereocenters. The molecule has 0 N–H and O–H groups in total. The maximum atomic E-state index is 11.2. The van der Waals surface area contributed by atoms with Gasteiger partial charge in [0.25, 0.3) is 0 Å². The summed E-state index contributed by atoms with van der Waals surface area (Å²) in [7, 11) is -1.37. The SMILES string of the molecule is C=C(C)C(=O)OCCCCCCCCCCCCCC[Si](Cl)(CC)CC. The van der Waals surface area contributed by atoms with E-state index in [0.717, 1.165) is 12.8 Å². The summed E-state index contributed by atoms with van der Waals surface area (Å²) in [5, 5.41) is 0. The van der Waals surface area contributed by atoms with Crippen LogP contribution >= 0.6 is 11.1 Å². The largest absolute Gasteiger partial charge is 0.462 e. The van der Waals surface area contributed by atoms with Gasteiger partial charge in [0.1, 0.15) is 0 Å². The van der Waals surface area contributed by atoms with Gasteiger partial charge in [-0.15, -0.1) is 0 Å². The summed E-state index contributed by atoms with van der Waals surface area (Å²) >= 11 is 6.70. The van der Waals surface area contributed by atoms with E-state index in [-0.39, 0.29) is 5.97 Å². The van der Waals surface area contributed by atoms with E-state index in [1.165, 1.54) is 82.3 Å². The number of carbonyl (C=O) groups excluding carboxylic acids is 1. The molecule has 0 bridgehead atoms. The fraction of sp³-hybridized carbons (Fsp3) is 0.864. The Morgan fingerprint density at radius 1 is 0.808 bits per heavy atom. The topological polar surface area (TPSA) is 26.3 Å². The highest BCUT2D eigenvalue weighted by Gasteiger charge is 2.24. The summed E-state index contributed by atoms with van der Waals surface area (Å²) in [6.07, 6.45) is 15.7. The summed E-state index contributed by atoms with van der Waals surface area (Å²) in [5.41, 5.74) is 0.487. The minimum atomic E-state index is -1.37. The fourth-order valence-electron chi connectivity index (χ4n) is 3.20. The second kappa shape index (κ2) is 16.9. The van der Waals surface area contributed by atoms with E-state index in [1.807, 2.05) is 0 Å². The Morgan fingerprint density at radius 2 is 1.19 bits per heavy atom. The lowest BCUT2D eigenvalue weighted by molar-refractivity contribution is -0.139. The first kappa shape index (κ1) is 25.7. The number of halogens is 1. The molecule has 26 heavy (non-hydrogen) atoms. The number of hydrogen-bond donors (Lipinski definition) is 0. The van der Waals surface area contributed by atoms with Crippen LogP contribution in [0.1, 0.15) is 97.8 Å². The average Bonchev–Trinajstić information content (AvgIpc) is 2.64. The smallest absolute Gasteiger partial charge is 0.333 e. The molecule has 0 rings (SSSR count). The molecule has 4 heteroatoms. The van der Waals surface area contributed by atoms with E-state index >= 15 is 0 Å². The molecular formula is C22H43ClO2Si. The minimum Gasteiger partial charge on any atom is -0.462 e. The third-order valence-electron chi connectivity index (χ3n) is 5.37. The molecule has 0 aliphatic heterocycles. The van der Waals surface area contributed by atoms with Crippen LogP contribution in [0.5, 0.6) is 0 Å². The normalized spacial score (nSPS) is 11.5. The van der Waals surface area contributed by atoms with Crippen molar-refractivity contribution in [2.24, 2.45) is 0 Å². The number of ether oxygens (including phenoxy) is 1. The van der Waals surface area contributed by atoms with Crippen molar-refractivity contribution < 1.29 is 9.53 Å². The molecule has 0 spiro atoms. The van der Waals surface area contributed by atoms with Crippen molar-refractivity contribution >= 4 is 24.4 Å². The van der Waals surface area contributed by atoms with E-state index in [1.54, 1.807) is 6.92 Å². The second-order valence-corrected chi connectivity index (χ2v) is 14.4. The zero-order valence-corrected chi connectivity index (χ0v) is 19.5. The van der Waals surface area contributed by atoms with Crippen LogP contribution in [0.3, 0.4) is 0 Å². The minimum absolute atomic E-state index is 0.259. The van der Waals surface area contributed by atoms with Gasteiger partial charge in [-0.25, -0.2) is 4.79 Å². The van der Waals surface area contributed by atoms with Crippen molar-refractivity contribution in [1.29, 1.82) is 0 Å². The Balaban J connectivity index is 3.23. The molecule has 2 nitrogen and oxygen atoms in total. The molecule has 0 aromatic rings. The van der Waals surface area contributed by atoms with Crippen molar-refractivity contribution in [2.45, 2.75) is 116 Å². The van der Waals surface area contributed by atoms with Gasteiger partial charge in [-0.05, 0) is 31.5 Å². The van der Waals surface area contributed by atoms with Gasteiger partial charge in [0.05, 0.1) is 6.61 Å². The summed E-state index contributed by atoms with van der Waals surface area (Å²) in [5.74, 6) is -0.259. The molecule has 0 aromatic heterocycles. The van der Waals surface area contributed by atoms with Crippen LogP contribution in [0.4, 0.5) is 0 Å². The first-order valence-electron chi connectivity index (χ1n) is 11.0. The molecular weight excluding hydrogens is 360 g/mol. The van der Waals surface area contributed by atoms with E-state index in [2.05, 4.69) is 20.4 Å². The Morgan fingerprint density at radius 3 is 1.58 bits per heavy atom. The molecule has 0 heterocycles. The average molecular weight is 403 g/mol. The van der Waals surface area contributed by atoms with Gasteiger partial charge in [-0.2, -0.15) is 11.1 Å². The van der Waals surface area contributed by atoms with Gasteiger partial charge in [0.2, 0.25) is 0 Å². The van der Waals surface area contributed by atoms with Crippen molar-refractivity contribution in [3.63, 3.8) is 0 Å². The maximum absolute atomic E-state index is 11.2. The van der Waals surface area contributed by atoms with Crippen LogP contribution < -0.4 is 0 Å². The van der Waals surface area contributed by atoms with Crippen LogP contribution in [0.2, 0.25) is 18.1 Å². The molecule has 0 aromatic carbocycles. The molecule has 0 aliphatic carbocycles. The first-order chi connectivity index (χ1) is 12.4. The molecule has 0 saturated carbocycles. The number of rotatable bonds is 18. The lowest BCUT2D eigenvalue weighted by atomic mass is 10.1. The summed E-state index contributed by atoms with van der Waals surface area (Å²) in [6, 6.07) is 3.77. The van der Waals surface area contributed by atoms with E-state index < -0.39 is 7.38 Å². The zero-order valence-electron chi connectivity index (χ0n) is 17.7. The number of carbonyl (C=O) groups is 1. The number of unbranched alkanes of at least 4 members (excludes halogenated alkanes) is 11. The summed E-state index contributed by atoms with van der Waals surface area (Å²) in [4.78, 5) is 11.2. The van der Waals surface area contributed by atoms with Crippen molar-refractivity contribution in [3.05, 3.63) is 12.2 Å². The highest BCUT2D eigenvalue weighted by atomic mass is 35.6. The number of hydrogen-bond acceptors (Lipinski definition) is 2. The molecule has 0 saturated heterocycles. The van der Waals surface area contributed by atoms with Crippen LogP contribution in [-0.4, -0.2) is 20.0 Å². The highest BCUT2D eigenvalue weighted by Crippen LogP contribution is 2.27. The Kier molecular flexibility index (Phi) is 16.7. The molecule has 0 fully saturated rings. The molecule has 0 amide bonds. The van der Waals surface area contributed by atoms with Gasteiger partial charge in [-0.3, -0.25) is 0 Å². The molecule has 0 radical (unpaired) electrons. The van der Waals surface area contributed by atoms with Gasteiger partial charge in [0.15, 0.2) is 7.38 Å². The van der Waals surface area contributed by atoms with E-state index in [0.29, 0.717) is 12.2 Å². The lowest BCUT2D eigenvalue weighted by Gasteiger charge is -2.20. The monoisotopic (exact) mass is 402 g/mol. The summed E-state index contributed by atoms with van der Waals surface area (Å²) < 4.78 is 5.09. The standard InChI is InChI=1S/C22H43ClO2Si/c1-5-26(23,6-2)20-18-16-14-12-10-8-7-9-11-13-15-17-19-25-22(24)21(3)4/h3,5-20H2,1-2,4H3. The maximum Gasteiger partial charge on any atom is 0.333 e. The zero-order chi connectivity index (χ0) is 19.7. The lowest BCUT2D eigenvalue weighted by Crippen LogP contribution is -2.23. The van der Waals surface area contributed by atoms with Crippen molar-refractivity contribution in [2.75, 3.05) is 6.61 Å². The van der Waals surface area contributed by atoms with Gasteiger partial charge >= 0.3 is 5.97 Å². The van der Waals surface area contributed by atoms with Crippen molar-refractivity contribution in [1.82, 2.24) is 0 Å². The van der Waals surface area contributed by atoms with Crippen LogP contribution in [0.25, 0.3) is 0 Å². The summed E-state index contributed by atoms with van der Waals surface area (Å²) in [6.45, 7) is 10.3. The molecule has 0 aliphatic rings. The molecule has 0 atom stereocenters. The van der Waals surface area contributed by atoms with Gasteiger partial charge < -0.3 is 4.74 Å². The quantitative estimate of drug-likeness (QED) is 0.0762. The van der Waals surface area contributed by atoms with Crippen LogP contribution in [-0.2, 0) is 9.53 Å². The third kappa shape index (κ3) is 14.8. The van der Waals surface area contributed by atoms with Gasteiger partial charge in [-0.1, -0.05) is 91.1 Å². The van der Waals surface area contributed by atoms with Crippen molar-refractivity contribution in [3.8, 4) is 0 Å². The Hall–Kier alpha value is -0.283.